The summed E-state index contributed by atoms with van der Waals surface area (Å²) in [6.45, 7) is 6.73. The summed E-state index contributed by atoms with van der Waals surface area (Å²) >= 11 is 3.16. The Morgan fingerprint density at radius 1 is 1.48 bits per heavy atom. The van der Waals surface area contributed by atoms with Crippen LogP contribution in [0.1, 0.15) is 27.7 Å². The van der Waals surface area contributed by atoms with E-state index in [9.17, 15) is 15.3 Å². The van der Waals surface area contributed by atoms with E-state index in [1.165, 1.54) is 0 Å². The lowest BCUT2D eigenvalue weighted by Crippen LogP contribution is -2.61. The van der Waals surface area contributed by atoms with Gasteiger partial charge in [-0.2, -0.15) is 10.5 Å². The Morgan fingerprint density at radius 2 is 2.05 bits per heavy atom. The molecule has 1 aliphatic rings. The van der Waals surface area contributed by atoms with Crippen LogP contribution in [0.15, 0.2) is 15.3 Å². The number of carbonyl (C=O) groups is 1. The number of nitrogens with two attached hydrogens (primary N) is 1. The lowest BCUT2D eigenvalue weighted by atomic mass is 9.59. The Morgan fingerprint density at radius 3 is 2.43 bits per heavy atom. The number of primary amides is 1. The van der Waals surface area contributed by atoms with Gasteiger partial charge in [0.05, 0.1) is 33.4 Å². The van der Waals surface area contributed by atoms with Crippen LogP contribution in [0.3, 0.4) is 0 Å². The third-order valence-corrected chi connectivity index (χ3v) is 4.09. The SMILES string of the molecule is CC(C)=NO[C@H]1NC(Br)=C(C#N)[C@@](C#N)(C(N)=O)C1(C)C. The number of rotatable bonds is 3. The molecule has 0 saturated heterocycles. The van der Waals surface area contributed by atoms with Crippen LogP contribution in [0.2, 0.25) is 0 Å². The van der Waals surface area contributed by atoms with Crippen molar-refractivity contribution in [1.29, 1.82) is 10.5 Å². The van der Waals surface area contributed by atoms with Crippen molar-refractivity contribution in [2.75, 3.05) is 0 Å². The van der Waals surface area contributed by atoms with E-state index < -0.39 is 23.0 Å². The van der Waals surface area contributed by atoms with Gasteiger partial charge in [0.25, 0.3) is 0 Å². The fourth-order valence-corrected chi connectivity index (χ4v) is 2.79. The van der Waals surface area contributed by atoms with Crippen molar-refractivity contribution >= 4 is 27.5 Å². The molecular formula is C13H16BrN5O2. The van der Waals surface area contributed by atoms with Crippen LogP contribution in [-0.4, -0.2) is 17.8 Å². The minimum absolute atomic E-state index is 0.0699. The van der Waals surface area contributed by atoms with Gasteiger partial charge < -0.3 is 15.9 Å². The number of nitrogens with zero attached hydrogens (tertiary/aromatic N) is 3. The summed E-state index contributed by atoms with van der Waals surface area (Å²) in [6, 6.07) is 3.78. The molecule has 0 aromatic rings. The van der Waals surface area contributed by atoms with Gasteiger partial charge in [0.2, 0.25) is 12.1 Å². The molecule has 112 valence electrons. The number of carbonyl (C=O) groups excluding carboxylic acids is 1. The molecule has 1 aliphatic heterocycles. The average Bonchev–Trinajstić information content (AvgIpc) is 2.37. The Kier molecular flexibility index (Phi) is 4.65. The monoisotopic (exact) mass is 353 g/mol. The van der Waals surface area contributed by atoms with E-state index in [0.717, 1.165) is 0 Å². The van der Waals surface area contributed by atoms with Gasteiger partial charge in [-0.15, -0.1) is 0 Å². The normalized spacial score (nSPS) is 26.9. The van der Waals surface area contributed by atoms with Gasteiger partial charge in [-0.25, -0.2) is 0 Å². The molecule has 0 aromatic heterocycles. The predicted molar refractivity (Wildman–Crippen MR) is 79.4 cm³/mol. The fraction of sp³-hybridized carbons (Fsp3) is 0.538. The van der Waals surface area contributed by atoms with Crippen LogP contribution < -0.4 is 11.1 Å². The average molecular weight is 354 g/mol. The van der Waals surface area contributed by atoms with Crippen LogP contribution in [0.25, 0.3) is 0 Å². The summed E-state index contributed by atoms with van der Waals surface area (Å²) in [4.78, 5) is 17.4. The summed E-state index contributed by atoms with van der Waals surface area (Å²) in [5, 5.41) is 25.6. The van der Waals surface area contributed by atoms with Gasteiger partial charge >= 0.3 is 0 Å². The second-order valence-electron chi connectivity index (χ2n) is 5.42. The molecule has 1 amide bonds. The van der Waals surface area contributed by atoms with Crippen LogP contribution in [0.5, 0.6) is 0 Å². The highest BCUT2D eigenvalue weighted by atomic mass is 79.9. The second kappa shape index (κ2) is 5.74. The zero-order valence-corrected chi connectivity index (χ0v) is 13.8. The predicted octanol–water partition coefficient (Wildman–Crippen LogP) is 1.48. The van der Waals surface area contributed by atoms with Crippen LogP contribution >= 0.6 is 15.9 Å². The summed E-state index contributed by atoms with van der Waals surface area (Å²) in [5.41, 5.74) is 3.10. The molecule has 0 spiro atoms. The maximum atomic E-state index is 12.0. The Hall–Kier alpha value is -2.06. The Labute approximate surface area is 131 Å². The molecule has 0 aromatic carbocycles. The summed E-state index contributed by atoms with van der Waals surface area (Å²) < 4.78 is 0.193. The third kappa shape index (κ3) is 2.47. The maximum absolute atomic E-state index is 12.0. The number of nitrogens with one attached hydrogen (secondary N) is 1. The van der Waals surface area contributed by atoms with Crippen molar-refractivity contribution in [2.45, 2.75) is 33.9 Å². The van der Waals surface area contributed by atoms with Gasteiger partial charge in [0.1, 0.15) is 0 Å². The number of hydrogen-bond acceptors (Lipinski definition) is 6. The molecule has 0 radical (unpaired) electrons. The minimum atomic E-state index is -1.83. The smallest absolute Gasteiger partial charge is 0.244 e. The quantitative estimate of drug-likeness (QED) is 0.451. The maximum Gasteiger partial charge on any atom is 0.244 e. The highest BCUT2D eigenvalue weighted by Gasteiger charge is 2.62. The first-order valence-corrected chi connectivity index (χ1v) is 6.89. The van der Waals surface area contributed by atoms with Crippen molar-refractivity contribution in [2.24, 2.45) is 21.7 Å². The minimum Gasteiger partial charge on any atom is -0.370 e. The first-order valence-electron chi connectivity index (χ1n) is 6.10. The lowest BCUT2D eigenvalue weighted by Gasteiger charge is -2.46. The lowest BCUT2D eigenvalue weighted by molar-refractivity contribution is -0.138. The standard InChI is InChI=1S/C13H16BrN5O2/c1-7(2)19-21-11-12(3,4)13(6-16,10(17)20)8(5-15)9(14)18-11/h11,18H,1-4H3,(H2,17,20)/t11-,13+/m1/s1. The van der Waals surface area contributed by atoms with E-state index in [4.69, 9.17) is 10.6 Å². The zero-order valence-electron chi connectivity index (χ0n) is 12.2. The molecule has 2 atom stereocenters. The first kappa shape index (κ1) is 17.0. The van der Waals surface area contributed by atoms with Crippen molar-refractivity contribution in [3.63, 3.8) is 0 Å². The fourth-order valence-electron chi connectivity index (χ4n) is 2.20. The molecule has 0 saturated carbocycles. The van der Waals surface area contributed by atoms with Gasteiger partial charge in [0, 0.05) is 0 Å². The number of oxime groups is 1. The van der Waals surface area contributed by atoms with Gasteiger partial charge in [-0.1, -0.05) is 19.0 Å². The number of amides is 1. The molecular weight excluding hydrogens is 338 g/mol. The third-order valence-electron chi connectivity index (χ3n) is 3.46. The highest BCUT2D eigenvalue weighted by molar-refractivity contribution is 9.11. The van der Waals surface area contributed by atoms with Crippen LogP contribution in [-0.2, 0) is 9.63 Å². The molecule has 0 fully saturated rings. The zero-order chi connectivity index (χ0) is 16.4. The van der Waals surface area contributed by atoms with Gasteiger partial charge in [0.15, 0.2) is 5.41 Å². The molecule has 3 N–H and O–H groups in total. The summed E-state index contributed by atoms with van der Waals surface area (Å²) in [7, 11) is 0. The molecule has 0 aliphatic carbocycles. The van der Waals surface area contributed by atoms with Gasteiger partial charge in [-0.05, 0) is 29.8 Å². The topological polar surface area (TPSA) is 124 Å². The highest BCUT2D eigenvalue weighted by Crippen LogP contribution is 2.51. The number of nitriles is 2. The van der Waals surface area contributed by atoms with Crippen molar-refractivity contribution in [3.05, 3.63) is 10.2 Å². The molecule has 21 heavy (non-hydrogen) atoms. The van der Waals surface area contributed by atoms with E-state index in [2.05, 4.69) is 26.4 Å². The molecule has 7 nitrogen and oxygen atoms in total. The van der Waals surface area contributed by atoms with E-state index in [-0.39, 0.29) is 10.2 Å². The first-order chi connectivity index (χ1) is 9.65. The Bertz CT molecular complexity index is 607. The summed E-state index contributed by atoms with van der Waals surface area (Å²) in [6.07, 6.45) is -0.814. The van der Waals surface area contributed by atoms with E-state index in [0.29, 0.717) is 5.71 Å². The number of halogens is 1. The molecule has 1 heterocycles. The van der Waals surface area contributed by atoms with Gasteiger partial charge in [-0.3, -0.25) is 4.79 Å². The van der Waals surface area contributed by atoms with E-state index >= 15 is 0 Å². The molecule has 8 heteroatoms. The van der Waals surface area contributed by atoms with E-state index in [1.54, 1.807) is 27.7 Å². The van der Waals surface area contributed by atoms with Crippen molar-refractivity contribution in [1.82, 2.24) is 5.32 Å². The van der Waals surface area contributed by atoms with Crippen molar-refractivity contribution < 1.29 is 9.63 Å². The van der Waals surface area contributed by atoms with Crippen LogP contribution in [0, 0.1) is 33.5 Å². The number of hydrogen-bond donors (Lipinski definition) is 2. The second-order valence-corrected chi connectivity index (χ2v) is 6.21. The molecule has 0 bridgehead atoms. The summed E-state index contributed by atoms with van der Waals surface area (Å²) in [5.74, 6) is -0.907. The van der Waals surface area contributed by atoms with Crippen LogP contribution in [0.4, 0.5) is 0 Å². The Balaban J connectivity index is 3.55. The molecule has 1 rings (SSSR count). The van der Waals surface area contributed by atoms with Crippen molar-refractivity contribution in [3.8, 4) is 12.1 Å². The largest absolute Gasteiger partial charge is 0.370 e. The molecule has 0 unspecified atom stereocenters. The van der Waals surface area contributed by atoms with E-state index in [1.807, 2.05) is 12.1 Å².